The second kappa shape index (κ2) is 5.51. The molecular weight excluding hydrogens is 268 g/mol. The van der Waals surface area contributed by atoms with E-state index < -0.39 is 0 Å². The number of aromatic nitrogens is 3. The smallest absolute Gasteiger partial charge is 0.350 e. The topological polar surface area (TPSA) is 72.3 Å². The Morgan fingerprint density at radius 1 is 1.19 bits per heavy atom. The van der Waals surface area contributed by atoms with Gasteiger partial charge in [0.2, 0.25) is 0 Å². The van der Waals surface area contributed by atoms with E-state index in [1.54, 1.807) is 42.6 Å². The molecule has 2 aromatic heterocycles. The maximum atomic E-state index is 12.0. The number of benzene rings is 1. The van der Waals surface area contributed by atoms with Crippen LogP contribution in [0.2, 0.25) is 0 Å². The molecule has 2 heterocycles. The first kappa shape index (κ1) is 12.9. The molecule has 0 spiro atoms. The van der Waals surface area contributed by atoms with Gasteiger partial charge in [-0.1, -0.05) is 18.2 Å². The van der Waals surface area contributed by atoms with Crippen LogP contribution in [0, 0.1) is 11.3 Å². The SMILES string of the molecule is N#Cc1ccccc1OCCn1nc2ccccn2c1=O. The quantitative estimate of drug-likeness (QED) is 0.725. The van der Waals surface area contributed by atoms with Gasteiger partial charge in [-0.25, -0.2) is 9.48 Å². The van der Waals surface area contributed by atoms with Crippen molar-refractivity contribution in [2.75, 3.05) is 6.61 Å². The molecule has 3 rings (SSSR count). The van der Waals surface area contributed by atoms with Gasteiger partial charge in [0, 0.05) is 6.20 Å². The third-order valence-corrected chi connectivity index (χ3v) is 3.06. The number of ether oxygens (including phenoxy) is 1. The first-order chi connectivity index (χ1) is 10.3. The predicted octanol–water partition coefficient (Wildman–Crippen LogP) is 1.45. The van der Waals surface area contributed by atoms with Gasteiger partial charge in [-0.05, 0) is 24.3 Å². The van der Waals surface area contributed by atoms with Crippen LogP contribution in [0.3, 0.4) is 0 Å². The van der Waals surface area contributed by atoms with Crippen LogP contribution in [0.15, 0.2) is 53.5 Å². The third-order valence-electron chi connectivity index (χ3n) is 3.06. The molecule has 0 N–H and O–H groups in total. The van der Waals surface area contributed by atoms with Gasteiger partial charge in [0.25, 0.3) is 0 Å². The minimum absolute atomic E-state index is 0.206. The van der Waals surface area contributed by atoms with E-state index in [0.29, 0.717) is 23.5 Å². The average Bonchev–Trinajstić information content (AvgIpc) is 2.85. The molecule has 0 bridgehead atoms. The average molecular weight is 280 g/mol. The van der Waals surface area contributed by atoms with Crippen LogP contribution in [0.1, 0.15) is 5.56 Å². The van der Waals surface area contributed by atoms with Crippen LogP contribution in [0.5, 0.6) is 5.75 Å². The van der Waals surface area contributed by atoms with Crippen LogP contribution < -0.4 is 10.4 Å². The molecule has 6 nitrogen and oxygen atoms in total. The molecule has 3 aromatic rings. The van der Waals surface area contributed by atoms with Gasteiger partial charge in [-0.15, -0.1) is 5.10 Å². The number of nitriles is 1. The number of nitrogens with zero attached hydrogens (tertiary/aromatic N) is 4. The maximum Gasteiger partial charge on any atom is 0.350 e. The van der Waals surface area contributed by atoms with Crippen molar-refractivity contribution in [3.8, 4) is 11.8 Å². The number of hydrogen-bond donors (Lipinski definition) is 0. The normalized spacial score (nSPS) is 10.4. The summed E-state index contributed by atoms with van der Waals surface area (Å²) >= 11 is 0. The van der Waals surface area contributed by atoms with Crippen molar-refractivity contribution in [1.82, 2.24) is 14.2 Å². The summed E-state index contributed by atoms with van der Waals surface area (Å²) < 4.78 is 8.38. The summed E-state index contributed by atoms with van der Waals surface area (Å²) in [7, 11) is 0. The zero-order valence-electron chi connectivity index (χ0n) is 11.1. The molecule has 0 fully saturated rings. The van der Waals surface area contributed by atoms with Crippen molar-refractivity contribution >= 4 is 5.65 Å². The van der Waals surface area contributed by atoms with Gasteiger partial charge >= 0.3 is 5.69 Å². The molecule has 0 unspecified atom stereocenters. The molecule has 0 saturated heterocycles. The standard InChI is InChI=1S/C15H12N4O2/c16-11-12-5-1-2-6-13(12)21-10-9-19-15(20)18-8-4-3-7-14(18)17-19/h1-8H,9-10H2. The third kappa shape index (κ3) is 2.49. The predicted molar refractivity (Wildman–Crippen MR) is 76.1 cm³/mol. The van der Waals surface area contributed by atoms with Gasteiger partial charge in [-0.3, -0.25) is 4.40 Å². The lowest BCUT2D eigenvalue weighted by atomic mass is 10.2. The van der Waals surface area contributed by atoms with E-state index in [0.717, 1.165) is 0 Å². The fourth-order valence-electron chi connectivity index (χ4n) is 2.04. The van der Waals surface area contributed by atoms with Gasteiger partial charge < -0.3 is 4.74 Å². The Balaban J connectivity index is 1.74. The fraction of sp³-hybridized carbons (Fsp3) is 0.133. The lowest BCUT2D eigenvalue weighted by molar-refractivity contribution is 0.288. The first-order valence-corrected chi connectivity index (χ1v) is 6.46. The van der Waals surface area contributed by atoms with Crippen molar-refractivity contribution in [2.24, 2.45) is 0 Å². The number of para-hydroxylation sites is 1. The van der Waals surface area contributed by atoms with Crippen molar-refractivity contribution in [2.45, 2.75) is 6.54 Å². The number of rotatable bonds is 4. The highest BCUT2D eigenvalue weighted by atomic mass is 16.5. The second-order valence-corrected chi connectivity index (χ2v) is 4.39. The Kier molecular flexibility index (Phi) is 3.39. The van der Waals surface area contributed by atoms with E-state index in [-0.39, 0.29) is 12.3 Å². The van der Waals surface area contributed by atoms with Gasteiger partial charge in [0.15, 0.2) is 5.65 Å². The number of pyridine rings is 1. The fourth-order valence-corrected chi connectivity index (χ4v) is 2.04. The summed E-state index contributed by atoms with van der Waals surface area (Å²) in [5.74, 6) is 0.511. The Morgan fingerprint density at radius 2 is 2.00 bits per heavy atom. The van der Waals surface area contributed by atoms with E-state index in [1.165, 1.54) is 9.08 Å². The number of fused-ring (bicyclic) bond motifs is 1. The molecule has 6 heteroatoms. The van der Waals surface area contributed by atoms with E-state index >= 15 is 0 Å². The maximum absolute atomic E-state index is 12.0. The summed E-state index contributed by atoms with van der Waals surface area (Å²) in [4.78, 5) is 12.0. The lowest BCUT2D eigenvalue weighted by Crippen LogP contribution is -2.23. The molecule has 21 heavy (non-hydrogen) atoms. The van der Waals surface area contributed by atoms with Gasteiger partial charge in [0.1, 0.15) is 18.4 Å². The molecule has 0 aliphatic carbocycles. The van der Waals surface area contributed by atoms with Crippen molar-refractivity contribution < 1.29 is 4.74 Å². The van der Waals surface area contributed by atoms with Crippen LogP contribution in [-0.2, 0) is 6.54 Å². The van der Waals surface area contributed by atoms with E-state index in [2.05, 4.69) is 11.2 Å². The Morgan fingerprint density at radius 3 is 2.81 bits per heavy atom. The van der Waals surface area contributed by atoms with Gasteiger partial charge in [0.05, 0.1) is 12.1 Å². The van der Waals surface area contributed by atoms with Crippen LogP contribution in [0.25, 0.3) is 5.65 Å². The van der Waals surface area contributed by atoms with E-state index in [9.17, 15) is 4.79 Å². The summed E-state index contributed by atoms with van der Waals surface area (Å²) in [5.41, 5.74) is 0.863. The summed E-state index contributed by atoms with van der Waals surface area (Å²) in [6.07, 6.45) is 1.67. The minimum atomic E-state index is -0.206. The van der Waals surface area contributed by atoms with Crippen molar-refractivity contribution in [3.63, 3.8) is 0 Å². The van der Waals surface area contributed by atoms with Crippen LogP contribution >= 0.6 is 0 Å². The highest BCUT2D eigenvalue weighted by molar-refractivity contribution is 5.42. The Labute approximate surface area is 120 Å². The lowest BCUT2D eigenvalue weighted by Gasteiger charge is -2.06. The Hall–Kier alpha value is -3.07. The summed E-state index contributed by atoms with van der Waals surface area (Å²) in [6.45, 7) is 0.586. The largest absolute Gasteiger partial charge is 0.490 e. The molecule has 0 atom stereocenters. The van der Waals surface area contributed by atoms with Crippen LogP contribution in [0.4, 0.5) is 0 Å². The van der Waals surface area contributed by atoms with Crippen molar-refractivity contribution in [1.29, 1.82) is 5.26 Å². The molecule has 0 saturated carbocycles. The highest BCUT2D eigenvalue weighted by Crippen LogP contribution is 2.16. The molecular formula is C15H12N4O2. The molecule has 0 amide bonds. The van der Waals surface area contributed by atoms with E-state index in [1.807, 2.05) is 6.07 Å². The number of hydrogen-bond acceptors (Lipinski definition) is 4. The highest BCUT2D eigenvalue weighted by Gasteiger charge is 2.06. The van der Waals surface area contributed by atoms with E-state index in [4.69, 9.17) is 10.00 Å². The Bertz CT molecular complexity index is 873. The minimum Gasteiger partial charge on any atom is -0.490 e. The first-order valence-electron chi connectivity index (χ1n) is 6.46. The van der Waals surface area contributed by atoms with Gasteiger partial charge in [-0.2, -0.15) is 5.26 Å². The zero-order valence-corrected chi connectivity index (χ0v) is 11.1. The zero-order chi connectivity index (χ0) is 14.7. The second-order valence-electron chi connectivity index (χ2n) is 4.39. The summed E-state index contributed by atoms with van der Waals surface area (Å²) in [6, 6.07) is 14.4. The summed E-state index contributed by atoms with van der Waals surface area (Å²) in [5, 5.41) is 13.2. The van der Waals surface area contributed by atoms with Crippen LogP contribution in [-0.4, -0.2) is 20.8 Å². The molecule has 1 aromatic carbocycles. The molecule has 0 aliphatic rings. The molecule has 0 aliphatic heterocycles. The molecule has 104 valence electrons. The molecule has 0 radical (unpaired) electrons. The monoisotopic (exact) mass is 280 g/mol. The van der Waals surface area contributed by atoms with Crippen molar-refractivity contribution in [3.05, 3.63) is 64.7 Å².